The van der Waals surface area contributed by atoms with Gasteiger partial charge in [0.15, 0.2) is 0 Å². The Bertz CT molecular complexity index is 835. The van der Waals surface area contributed by atoms with Crippen molar-refractivity contribution in [2.75, 3.05) is 18.0 Å². The highest BCUT2D eigenvalue weighted by Gasteiger charge is 2.33. The number of hydrogen-bond acceptors (Lipinski definition) is 5. The van der Waals surface area contributed by atoms with Crippen LogP contribution in [0.5, 0.6) is 0 Å². The van der Waals surface area contributed by atoms with E-state index in [1.165, 1.54) is 4.88 Å². The topological polar surface area (TPSA) is 75.8 Å². The maximum absolute atomic E-state index is 12.0. The Labute approximate surface area is 157 Å². The maximum Gasteiger partial charge on any atom is 0.337 e. The van der Waals surface area contributed by atoms with Crippen LogP contribution in [0.2, 0.25) is 0 Å². The number of anilines is 1. The number of nitrogens with zero attached hydrogens (tertiary/aromatic N) is 1. The minimum atomic E-state index is -0.815. The monoisotopic (exact) mass is 372 g/mol. The van der Waals surface area contributed by atoms with Crippen LogP contribution >= 0.6 is 11.3 Å². The summed E-state index contributed by atoms with van der Waals surface area (Å²) in [4.78, 5) is 21.2. The third-order valence-electron chi connectivity index (χ3n) is 5.52. The summed E-state index contributed by atoms with van der Waals surface area (Å²) in [6, 6.07) is 8.16. The lowest BCUT2D eigenvalue weighted by Crippen LogP contribution is -2.53. The number of thiophene rings is 1. The van der Waals surface area contributed by atoms with Crippen molar-refractivity contribution in [3.8, 4) is 10.4 Å². The van der Waals surface area contributed by atoms with E-state index in [1.54, 1.807) is 11.3 Å². The van der Waals surface area contributed by atoms with Crippen LogP contribution in [0, 0.1) is 5.41 Å². The molecule has 2 heterocycles. The number of benzene rings is 1. The molecule has 6 heteroatoms. The summed E-state index contributed by atoms with van der Waals surface area (Å²) in [6.45, 7) is 6.02. The first kappa shape index (κ1) is 17.5. The lowest BCUT2D eigenvalue weighted by molar-refractivity contribution is 0.0339. The van der Waals surface area contributed by atoms with Gasteiger partial charge in [0.2, 0.25) is 0 Å². The fourth-order valence-corrected chi connectivity index (χ4v) is 5.22. The molecule has 0 atom stereocenters. The molecule has 26 heavy (non-hydrogen) atoms. The molecule has 0 spiro atoms. The average molecular weight is 372 g/mol. The first-order valence-corrected chi connectivity index (χ1v) is 9.78. The van der Waals surface area contributed by atoms with Gasteiger partial charge < -0.3 is 10.0 Å². The van der Waals surface area contributed by atoms with E-state index in [9.17, 15) is 9.90 Å². The Morgan fingerprint density at radius 2 is 2.00 bits per heavy atom. The highest BCUT2D eigenvalue weighted by Crippen LogP contribution is 2.45. The summed E-state index contributed by atoms with van der Waals surface area (Å²) < 4.78 is 0. The molecule has 1 aromatic heterocycles. The Morgan fingerprint density at radius 1 is 1.31 bits per heavy atom. The van der Waals surface area contributed by atoms with Crippen LogP contribution in [0.1, 0.15) is 41.1 Å². The maximum atomic E-state index is 12.0. The summed E-state index contributed by atoms with van der Waals surface area (Å²) in [5.41, 5.74) is 3.81. The molecule has 0 saturated carbocycles. The lowest BCUT2D eigenvalue weighted by Gasteiger charge is -2.39. The molecule has 5 nitrogen and oxygen atoms in total. The predicted octanol–water partition coefficient (Wildman–Crippen LogP) is 3.71. The first-order chi connectivity index (χ1) is 12.4. The van der Waals surface area contributed by atoms with Crippen molar-refractivity contribution in [1.82, 2.24) is 0 Å². The van der Waals surface area contributed by atoms with Gasteiger partial charge in [-0.25, -0.2) is 10.7 Å². The highest BCUT2D eigenvalue weighted by atomic mass is 32.1. The lowest BCUT2D eigenvalue weighted by atomic mass is 9.76. The second-order valence-corrected chi connectivity index (χ2v) is 9.17. The van der Waals surface area contributed by atoms with Crippen molar-refractivity contribution < 1.29 is 14.7 Å². The number of carbonyl (C=O) groups is 1. The molecule has 4 rings (SSSR count). The van der Waals surface area contributed by atoms with E-state index in [-0.39, 0.29) is 11.5 Å². The average Bonchev–Trinajstić information content (AvgIpc) is 2.92. The normalized spacial score (nSPS) is 19.1. The van der Waals surface area contributed by atoms with Crippen molar-refractivity contribution in [3.63, 3.8) is 0 Å². The summed E-state index contributed by atoms with van der Waals surface area (Å²) in [5.74, 6) is 4.39. The van der Waals surface area contributed by atoms with Crippen molar-refractivity contribution >= 4 is 23.0 Å². The predicted molar refractivity (Wildman–Crippen MR) is 104 cm³/mol. The molecule has 2 aromatic rings. The van der Waals surface area contributed by atoms with Crippen LogP contribution in [0.4, 0.5) is 5.69 Å². The number of carboxylic acid groups (broad SMARTS) is 1. The van der Waals surface area contributed by atoms with Crippen molar-refractivity contribution in [1.29, 1.82) is 0 Å². The highest BCUT2D eigenvalue weighted by molar-refractivity contribution is 7.16. The second kappa shape index (κ2) is 6.37. The smallest absolute Gasteiger partial charge is 0.337 e. The standard InChI is InChI=1S/C20H24N2O3S/c1-20(2)8-7-16-15(9-20)17(19(23)24)18(26-16)12-3-5-13(6-4-12)22-10-14(11-22)25-21/h3-6,14H,7-11,21H2,1-2H3,(H,23,24). The molecule has 1 aromatic carbocycles. The van der Waals surface area contributed by atoms with E-state index in [2.05, 4.69) is 30.9 Å². The Balaban J connectivity index is 1.66. The molecule has 0 bridgehead atoms. The molecule has 0 amide bonds. The van der Waals surface area contributed by atoms with Gasteiger partial charge in [-0.2, -0.15) is 0 Å². The van der Waals surface area contributed by atoms with Gasteiger partial charge in [-0.15, -0.1) is 11.3 Å². The van der Waals surface area contributed by atoms with Gasteiger partial charge in [-0.3, -0.25) is 4.84 Å². The van der Waals surface area contributed by atoms with Gasteiger partial charge in [-0.05, 0) is 47.9 Å². The van der Waals surface area contributed by atoms with Crippen LogP contribution in [0.3, 0.4) is 0 Å². The Kier molecular flexibility index (Phi) is 4.29. The van der Waals surface area contributed by atoms with Gasteiger partial charge in [0, 0.05) is 28.5 Å². The molecule has 0 radical (unpaired) electrons. The molecule has 3 N–H and O–H groups in total. The van der Waals surface area contributed by atoms with Crippen LogP contribution in [0.15, 0.2) is 24.3 Å². The second-order valence-electron chi connectivity index (χ2n) is 8.06. The fraction of sp³-hybridized carbons (Fsp3) is 0.450. The van der Waals surface area contributed by atoms with Crippen LogP contribution in [0.25, 0.3) is 10.4 Å². The molecular formula is C20H24N2O3S. The van der Waals surface area contributed by atoms with Crippen molar-refractivity contribution in [2.24, 2.45) is 11.3 Å². The molecule has 2 aliphatic rings. The van der Waals surface area contributed by atoms with Gasteiger partial charge >= 0.3 is 5.97 Å². The zero-order valence-electron chi connectivity index (χ0n) is 15.1. The minimum absolute atomic E-state index is 0.0978. The molecule has 138 valence electrons. The summed E-state index contributed by atoms with van der Waals surface area (Å²) >= 11 is 1.65. The Hall–Kier alpha value is -1.89. The van der Waals surface area contributed by atoms with Gasteiger partial charge in [0.1, 0.15) is 6.10 Å². The number of aromatic carboxylic acids is 1. The molecule has 1 fully saturated rings. The quantitative estimate of drug-likeness (QED) is 0.800. The third kappa shape index (κ3) is 3.02. The fourth-order valence-electron chi connectivity index (χ4n) is 3.91. The van der Waals surface area contributed by atoms with E-state index in [4.69, 9.17) is 10.7 Å². The van der Waals surface area contributed by atoms with Gasteiger partial charge in [0.25, 0.3) is 0 Å². The molecule has 1 saturated heterocycles. The molecule has 0 unspecified atom stereocenters. The number of fused-ring (bicyclic) bond motifs is 1. The number of aryl methyl sites for hydroxylation is 1. The number of hydrogen-bond donors (Lipinski definition) is 2. The van der Waals surface area contributed by atoms with Crippen molar-refractivity contribution in [3.05, 3.63) is 40.3 Å². The zero-order chi connectivity index (χ0) is 18.5. The van der Waals surface area contributed by atoms with Gasteiger partial charge in [-0.1, -0.05) is 26.0 Å². The summed E-state index contributed by atoms with van der Waals surface area (Å²) in [6.07, 6.45) is 3.02. The zero-order valence-corrected chi connectivity index (χ0v) is 15.9. The first-order valence-electron chi connectivity index (χ1n) is 8.97. The largest absolute Gasteiger partial charge is 0.478 e. The van der Waals surface area contributed by atoms with Gasteiger partial charge in [0.05, 0.1) is 5.56 Å². The molecule has 1 aliphatic carbocycles. The SMILES string of the molecule is CC1(C)CCc2sc(-c3ccc(N4CC(ON)C4)cc3)c(C(=O)O)c2C1. The van der Waals surface area contributed by atoms with Crippen molar-refractivity contribution in [2.45, 2.75) is 39.2 Å². The minimum Gasteiger partial charge on any atom is -0.478 e. The number of carboxylic acids is 1. The van der Waals surface area contributed by atoms with E-state index in [1.807, 2.05) is 12.1 Å². The Morgan fingerprint density at radius 3 is 2.62 bits per heavy atom. The number of nitrogens with two attached hydrogens (primary N) is 1. The number of rotatable bonds is 4. The van der Waals surface area contributed by atoms with Crippen LogP contribution < -0.4 is 10.8 Å². The van der Waals surface area contributed by atoms with E-state index >= 15 is 0 Å². The van der Waals surface area contributed by atoms with E-state index < -0.39 is 5.97 Å². The third-order valence-corrected chi connectivity index (χ3v) is 6.86. The van der Waals surface area contributed by atoms with E-state index in [0.29, 0.717) is 5.56 Å². The van der Waals surface area contributed by atoms with E-state index in [0.717, 1.165) is 54.0 Å². The molecular weight excluding hydrogens is 348 g/mol. The van der Waals surface area contributed by atoms with Crippen LogP contribution in [-0.4, -0.2) is 30.3 Å². The van der Waals surface area contributed by atoms with Crippen LogP contribution in [-0.2, 0) is 17.7 Å². The summed E-state index contributed by atoms with van der Waals surface area (Å²) in [5, 5.41) is 9.86. The summed E-state index contributed by atoms with van der Waals surface area (Å²) in [7, 11) is 0. The molecule has 1 aliphatic heterocycles.